The maximum absolute atomic E-state index is 14.9. The van der Waals surface area contributed by atoms with Crippen LogP contribution in [0.4, 0.5) is 8.78 Å². The van der Waals surface area contributed by atoms with Crippen molar-refractivity contribution in [2.75, 3.05) is 0 Å². The molecule has 14 nitrogen and oxygen atoms in total. The largest absolute Gasteiger partial charge is 0.274 e. The van der Waals surface area contributed by atoms with Gasteiger partial charge in [-0.1, -0.05) is 84.2 Å². The lowest BCUT2D eigenvalue weighted by atomic mass is 9.82. The third-order valence-electron chi connectivity index (χ3n) is 17.9. The first-order valence-electron chi connectivity index (χ1n) is 32.6. The van der Waals surface area contributed by atoms with Crippen LogP contribution in [0.15, 0.2) is 183 Å². The van der Waals surface area contributed by atoms with E-state index >= 15 is 0 Å². The van der Waals surface area contributed by atoms with E-state index in [-0.39, 0.29) is 0 Å². The van der Waals surface area contributed by atoms with Gasteiger partial charge in [-0.05, 0) is 187 Å². The molecule has 0 aliphatic rings. The quantitative estimate of drug-likeness (QED) is 0.133. The average Bonchev–Trinajstić information content (AvgIpc) is 1.53. The van der Waals surface area contributed by atoms with E-state index in [0.29, 0.717) is 45.3 Å². The Morgan fingerprint density at radius 1 is 0.429 bits per heavy atom. The minimum atomic E-state index is -0.567. The number of hydrogen-bond donors (Lipinski definition) is 0. The minimum Gasteiger partial charge on any atom is -0.207 e. The number of nitriles is 4. The van der Waals surface area contributed by atoms with Crippen molar-refractivity contribution >= 4 is 0 Å². The number of nitrogens with zero attached hydrogens (tertiary/aromatic N) is 14. The molecule has 7 aromatic carbocycles. The van der Waals surface area contributed by atoms with Gasteiger partial charge in [-0.2, -0.15) is 39.5 Å². The maximum atomic E-state index is 14.9. The van der Waals surface area contributed by atoms with Crippen LogP contribution in [-0.2, 0) is 35.2 Å². The van der Waals surface area contributed by atoms with E-state index in [2.05, 4.69) is 171 Å². The van der Waals surface area contributed by atoms with E-state index < -0.39 is 11.6 Å². The van der Waals surface area contributed by atoms with E-state index in [9.17, 15) is 8.78 Å². The number of hydrogen-bond acceptors (Lipinski definition) is 4. The fourth-order valence-corrected chi connectivity index (χ4v) is 12.1. The van der Waals surface area contributed by atoms with Gasteiger partial charge in [-0.15, -0.1) is 18.7 Å². The summed E-state index contributed by atoms with van der Waals surface area (Å²) < 4.78 is 48.9. The molecule has 0 amide bonds. The topological polar surface area (TPSA) is 139 Å². The minimum absolute atomic E-state index is 0.300. The summed E-state index contributed by atoms with van der Waals surface area (Å²) >= 11 is 0. The van der Waals surface area contributed by atoms with Crippen LogP contribution >= 0.6 is 0 Å². The monoisotopic (exact) mass is 1310 g/mol. The van der Waals surface area contributed by atoms with Crippen molar-refractivity contribution in [2.24, 2.45) is 35.2 Å². The molecule has 0 saturated carbocycles. The second kappa shape index (κ2) is 31.3. The van der Waals surface area contributed by atoms with E-state index in [4.69, 9.17) is 21.0 Å². The van der Waals surface area contributed by atoms with Crippen LogP contribution in [-0.4, -0.2) is 23.4 Å². The maximum Gasteiger partial charge on any atom is 0.274 e. The third kappa shape index (κ3) is 16.0. The van der Waals surface area contributed by atoms with Gasteiger partial charge in [-0.25, -0.2) is 4.39 Å². The molecular formula is C82H89F2N14+5. The van der Waals surface area contributed by atoms with Gasteiger partial charge in [0.1, 0.15) is 17.2 Å². The second-order valence-corrected chi connectivity index (χ2v) is 25.6. The van der Waals surface area contributed by atoms with Gasteiger partial charge in [0.2, 0.25) is 30.0 Å². The first-order chi connectivity index (χ1) is 46.6. The predicted octanol–water partition coefficient (Wildman–Crippen LogP) is 14.9. The summed E-state index contributed by atoms with van der Waals surface area (Å²) in [5.41, 5.74) is 25.7. The van der Waals surface area contributed by atoms with Crippen LogP contribution in [0.3, 0.4) is 0 Å². The van der Waals surface area contributed by atoms with Gasteiger partial charge in [0.05, 0.1) is 103 Å². The van der Waals surface area contributed by atoms with Gasteiger partial charge >= 0.3 is 0 Å². The van der Waals surface area contributed by atoms with Crippen molar-refractivity contribution < 1.29 is 32.2 Å². The van der Waals surface area contributed by atoms with Gasteiger partial charge in [0, 0.05) is 58.1 Å². The molecule has 12 aromatic rings. The molecule has 5 aromatic heterocycles. The number of benzene rings is 7. The first kappa shape index (κ1) is 72.2. The van der Waals surface area contributed by atoms with Crippen LogP contribution in [0.2, 0.25) is 0 Å². The average molecular weight is 1310 g/mol. The standard InChI is InChI=1S/C30H33F2N2.C14H16N3.2C13H14N3.C12H12N3/c1-18(2)25-14-23(22-11-9-8-10-12-22)15-26(19(3)4)29(25)27-17-34(33(7)21(27)6)30-20(5)13-24(31)16-28(30)32;1-10-7-13(8-15)5-6-14(10)17-9-11(2)12(3)16(17)4;1-10-8-15(3)16(9-10)13-5-4-12(7-14)6-11(13)2;1-10-8-12(9-14)4-5-13(10)16-7-6-11(2)15(16)3;1-10-8-11(9-13)4-5-12(10)15-7-3-6-14(15)2/h8-19H,1-7H3;5-7,9H,1-4H3;4-6,8-9H,1-3H3;4-8H,1-3H3;3-8H,1-2H3/q5*+1. The third-order valence-corrected chi connectivity index (χ3v) is 17.9. The molecule has 16 heteroatoms. The van der Waals surface area contributed by atoms with E-state index in [0.717, 1.165) is 62.3 Å². The molecule has 12 rings (SSSR count). The van der Waals surface area contributed by atoms with Crippen molar-refractivity contribution in [3.63, 3.8) is 0 Å². The van der Waals surface area contributed by atoms with E-state index in [1.165, 1.54) is 56.4 Å². The highest BCUT2D eigenvalue weighted by Crippen LogP contribution is 2.41. The Morgan fingerprint density at radius 2 is 0.929 bits per heavy atom. The van der Waals surface area contributed by atoms with E-state index in [1.54, 1.807) is 11.6 Å². The Balaban J connectivity index is 0.000000164. The Hall–Kier alpha value is -11.6. The Morgan fingerprint density at radius 3 is 1.35 bits per heavy atom. The van der Waals surface area contributed by atoms with Gasteiger partial charge < -0.3 is 0 Å². The highest BCUT2D eigenvalue weighted by molar-refractivity contribution is 5.79. The zero-order valence-corrected chi connectivity index (χ0v) is 60.0. The van der Waals surface area contributed by atoms with Crippen molar-refractivity contribution in [3.05, 3.63) is 284 Å². The number of halogens is 2. The van der Waals surface area contributed by atoms with Gasteiger partial charge in [-0.3, -0.25) is 0 Å². The summed E-state index contributed by atoms with van der Waals surface area (Å²) in [7, 11) is 9.97. The van der Waals surface area contributed by atoms with Gasteiger partial charge in [0.15, 0.2) is 32.3 Å². The lowest BCUT2D eigenvalue weighted by Gasteiger charge is -2.21. The van der Waals surface area contributed by atoms with Crippen LogP contribution in [0, 0.1) is 126 Å². The summed E-state index contributed by atoms with van der Waals surface area (Å²) in [4.78, 5) is 0. The molecule has 0 atom stereocenters. The molecule has 0 fully saturated rings. The van der Waals surface area contributed by atoms with Crippen molar-refractivity contribution in [3.8, 4) is 75.0 Å². The summed E-state index contributed by atoms with van der Waals surface area (Å²) in [6.07, 6.45) is 14.3. The molecule has 496 valence electrons. The number of aryl methyl sites for hydroxylation is 10. The Bertz CT molecular complexity index is 4960. The lowest BCUT2D eigenvalue weighted by molar-refractivity contribution is -0.744. The zero-order valence-electron chi connectivity index (χ0n) is 60.0. The summed E-state index contributed by atoms with van der Waals surface area (Å²) in [6.45, 7) is 29.1. The molecule has 0 spiro atoms. The highest BCUT2D eigenvalue weighted by atomic mass is 19.1. The molecule has 0 bridgehead atoms. The normalized spacial score (nSPS) is 10.6. The number of rotatable bonds is 9. The van der Waals surface area contributed by atoms with Crippen molar-refractivity contribution in [2.45, 2.75) is 109 Å². The van der Waals surface area contributed by atoms with Crippen LogP contribution in [0.25, 0.3) is 50.7 Å². The van der Waals surface area contributed by atoms with Crippen LogP contribution in [0.5, 0.6) is 0 Å². The summed E-state index contributed by atoms with van der Waals surface area (Å²) in [5.74, 6) is -0.532. The molecule has 0 radical (unpaired) electrons. The molecule has 98 heavy (non-hydrogen) atoms. The van der Waals surface area contributed by atoms with E-state index in [1.807, 2.05) is 191 Å². The molecule has 5 heterocycles. The van der Waals surface area contributed by atoms with Crippen molar-refractivity contribution in [1.29, 1.82) is 21.0 Å². The Labute approximate surface area is 576 Å². The second-order valence-electron chi connectivity index (χ2n) is 25.6. The number of aromatic nitrogens is 10. The fourth-order valence-electron chi connectivity index (χ4n) is 12.1. The van der Waals surface area contributed by atoms with Crippen molar-refractivity contribution in [1.82, 2.24) is 23.4 Å². The van der Waals surface area contributed by atoms with Crippen LogP contribution in [0.1, 0.15) is 129 Å². The van der Waals surface area contributed by atoms with Crippen LogP contribution < -0.4 is 23.4 Å². The molecule has 0 saturated heterocycles. The molecule has 0 unspecified atom stereocenters. The predicted molar refractivity (Wildman–Crippen MR) is 380 cm³/mol. The fraction of sp³-hybridized carbons (Fsp3) is 0.256. The smallest absolute Gasteiger partial charge is 0.207 e. The summed E-state index contributed by atoms with van der Waals surface area (Å²) in [5, 5.41) is 35.3. The summed E-state index contributed by atoms with van der Waals surface area (Å²) in [6, 6.07) is 52.9. The highest BCUT2D eigenvalue weighted by Gasteiger charge is 2.30. The first-order valence-corrected chi connectivity index (χ1v) is 32.6. The molecule has 0 N–H and O–H groups in total. The molecular weight excluding hydrogens is 1220 g/mol. The molecule has 0 aliphatic heterocycles. The molecule has 0 aliphatic carbocycles. The SMILES string of the molecule is Cc1cc(C#N)ccc1-[n+]1cc(C)c(C)n1C.Cc1cc(C#N)ccc1-[n+]1ccc(C)n1C.Cc1cc(C#N)ccc1-n1ccc[n+]1C.Cc1cc(F)cc(F)c1-[n+]1cc(-c2c(C(C)C)cc(-c3ccccc3)cc2C(C)C)c(C)n1C.Cc1cn(-c2ccc(C#N)cc2C)[n+](C)c1. The zero-order chi connectivity index (χ0) is 71.6. The van der Waals surface area contributed by atoms with Gasteiger partial charge in [0.25, 0.3) is 5.69 Å². The lowest BCUT2D eigenvalue weighted by Crippen LogP contribution is -2.41. The Kier molecular flexibility index (Phi) is 23.1.